The highest BCUT2D eigenvalue weighted by molar-refractivity contribution is 5.29. The average molecular weight is 239 g/mol. The second-order valence-electron chi connectivity index (χ2n) is 3.71. The van der Waals surface area contributed by atoms with Gasteiger partial charge in [-0.15, -0.1) is 0 Å². The molecular weight excluding hydrogens is 225 g/mol. The standard InChI is InChI=1S/C12H14FNO3/c13-10-2-1-9(7-8(10)3-5-14)12(17)11(16)4-6-15/h1-2,7,11-12,15-17H,3-4,6H2. The van der Waals surface area contributed by atoms with Crippen LogP contribution in [0.15, 0.2) is 18.2 Å². The SMILES string of the molecule is N#CCc1cc(C(O)C(O)CCO)ccc1F. The highest BCUT2D eigenvalue weighted by atomic mass is 19.1. The van der Waals surface area contributed by atoms with Crippen molar-refractivity contribution in [3.8, 4) is 6.07 Å². The fourth-order valence-corrected chi connectivity index (χ4v) is 1.51. The second-order valence-corrected chi connectivity index (χ2v) is 3.71. The van der Waals surface area contributed by atoms with Gasteiger partial charge in [-0.25, -0.2) is 4.39 Å². The molecule has 0 bridgehead atoms. The summed E-state index contributed by atoms with van der Waals surface area (Å²) in [6.07, 6.45) is -2.37. The molecule has 0 amide bonds. The molecule has 1 rings (SSSR count). The van der Waals surface area contributed by atoms with Gasteiger partial charge in [-0.2, -0.15) is 5.26 Å². The largest absolute Gasteiger partial charge is 0.396 e. The number of benzene rings is 1. The van der Waals surface area contributed by atoms with E-state index in [1.807, 2.05) is 6.07 Å². The number of halogens is 1. The molecule has 0 spiro atoms. The maximum absolute atomic E-state index is 13.2. The van der Waals surface area contributed by atoms with E-state index in [0.29, 0.717) is 5.56 Å². The summed E-state index contributed by atoms with van der Waals surface area (Å²) in [6, 6.07) is 5.67. The third-order valence-electron chi connectivity index (χ3n) is 2.47. The van der Waals surface area contributed by atoms with Gasteiger partial charge in [0.2, 0.25) is 0 Å². The lowest BCUT2D eigenvalue weighted by atomic mass is 9.99. The van der Waals surface area contributed by atoms with Crippen LogP contribution in [0.1, 0.15) is 23.7 Å². The van der Waals surface area contributed by atoms with E-state index in [4.69, 9.17) is 10.4 Å². The molecule has 0 fully saturated rings. The number of nitrogens with zero attached hydrogens (tertiary/aromatic N) is 1. The van der Waals surface area contributed by atoms with Crippen LogP contribution in [0.25, 0.3) is 0 Å². The highest BCUT2D eigenvalue weighted by Crippen LogP contribution is 2.21. The van der Waals surface area contributed by atoms with Gasteiger partial charge in [0.25, 0.3) is 0 Å². The Hall–Kier alpha value is -1.48. The zero-order valence-corrected chi connectivity index (χ0v) is 9.17. The third kappa shape index (κ3) is 3.49. The van der Waals surface area contributed by atoms with Gasteiger partial charge in [-0.1, -0.05) is 6.07 Å². The first kappa shape index (κ1) is 13.6. The minimum Gasteiger partial charge on any atom is -0.396 e. The minimum atomic E-state index is -1.19. The highest BCUT2D eigenvalue weighted by Gasteiger charge is 2.18. The molecule has 92 valence electrons. The number of aliphatic hydroxyl groups is 3. The number of rotatable bonds is 5. The molecule has 1 aromatic rings. The maximum atomic E-state index is 13.2. The van der Waals surface area contributed by atoms with Crippen LogP contribution in [0.5, 0.6) is 0 Å². The van der Waals surface area contributed by atoms with Crippen molar-refractivity contribution in [1.82, 2.24) is 0 Å². The lowest BCUT2D eigenvalue weighted by Gasteiger charge is -2.17. The molecule has 0 radical (unpaired) electrons. The Kier molecular flexibility index (Phi) is 5.04. The van der Waals surface area contributed by atoms with Gasteiger partial charge in [0.15, 0.2) is 0 Å². The Morgan fingerprint density at radius 3 is 2.65 bits per heavy atom. The molecule has 0 aliphatic heterocycles. The van der Waals surface area contributed by atoms with Crippen LogP contribution in [0, 0.1) is 17.1 Å². The molecule has 0 saturated heterocycles. The molecule has 3 N–H and O–H groups in total. The van der Waals surface area contributed by atoms with E-state index < -0.39 is 18.0 Å². The quantitative estimate of drug-likeness (QED) is 0.705. The van der Waals surface area contributed by atoms with Crippen molar-refractivity contribution in [3.63, 3.8) is 0 Å². The molecule has 0 aliphatic carbocycles. The third-order valence-corrected chi connectivity index (χ3v) is 2.47. The van der Waals surface area contributed by atoms with Gasteiger partial charge in [-0.05, 0) is 24.1 Å². The van der Waals surface area contributed by atoms with Gasteiger partial charge in [0, 0.05) is 12.2 Å². The Bertz CT molecular complexity index is 417. The molecule has 2 unspecified atom stereocenters. The Labute approximate surface area is 98.6 Å². The van der Waals surface area contributed by atoms with Crippen LogP contribution in [0.4, 0.5) is 4.39 Å². The predicted octanol–water partition coefficient (Wildman–Crippen LogP) is 0.668. The van der Waals surface area contributed by atoms with Crippen molar-refractivity contribution in [1.29, 1.82) is 5.26 Å². The van der Waals surface area contributed by atoms with Gasteiger partial charge >= 0.3 is 0 Å². The minimum absolute atomic E-state index is 0.0339. The molecule has 5 heteroatoms. The summed E-state index contributed by atoms with van der Waals surface area (Å²) in [5.41, 5.74) is 0.512. The van der Waals surface area contributed by atoms with E-state index in [1.165, 1.54) is 12.1 Å². The summed E-state index contributed by atoms with van der Waals surface area (Å²) in [7, 11) is 0. The lowest BCUT2D eigenvalue weighted by molar-refractivity contribution is 0.00415. The van der Waals surface area contributed by atoms with Crippen molar-refractivity contribution >= 4 is 0 Å². The van der Waals surface area contributed by atoms with Crippen LogP contribution < -0.4 is 0 Å². The molecule has 4 nitrogen and oxygen atoms in total. The molecular formula is C12H14FNO3. The van der Waals surface area contributed by atoms with E-state index in [9.17, 15) is 14.6 Å². The summed E-state index contributed by atoms with van der Waals surface area (Å²) in [4.78, 5) is 0. The van der Waals surface area contributed by atoms with Crippen molar-refractivity contribution < 1.29 is 19.7 Å². The maximum Gasteiger partial charge on any atom is 0.127 e. The Morgan fingerprint density at radius 1 is 1.35 bits per heavy atom. The molecule has 0 aromatic heterocycles. The fraction of sp³-hybridized carbons (Fsp3) is 0.417. The van der Waals surface area contributed by atoms with Gasteiger partial charge in [-0.3, -0.25) is 0 Å². The molecule has 0 aliphatic rings. The summed E-state index contributed by atoms with van der Waals surface area (Å²) in [5.74, 6) is -0.515. The number of hydrogen-bond donors (Lipinski definition) is 3. The fourth-order valence-electron chi connectivity index (χ4n) is 1.51. The number of hydrogen-bond acceptors (Lipinski definition) is 4. The number of aliphatic hydroxyl groups excluding tert-OH is 3. The summed E-state index contributed by atoms with van der Waals surface area (Å²) >= 11 is 0. The summed E-state index contributed by atoms with van der Waals surface area (Å²) in [6.45, 7) is -0.246. The Balaban J connectivity index is 2.91. The van der Waals surface area contributed by atoms with Crippen molar-refractivity contribution in [2.75, 3.05) is 6.61 Å². The Morgan fingerprint density at radius 2 is 2.06 bits per heavy atom. The van der Waals surface area contributed by atoms with E-state index in [0.717, 1.165) is 6.07 Å². The van der Waals surface area contributed by atoms with E-state index >= 15 is 0 Å². The van der Waals surface area contributed by atoms with Gasteiger partial charge in [0.1, 0.15) is 11.9 Å². The normalized spacial score (nSPS) is 14.1. The monoisotopic (exact) mass is 239 g/mol. The smallest absolute Gasteiger partial charge is 0.127 e. The van der Waals surface area contributed by atoms with Crippen molar-refractivity contribution in [2.24, 2.45) is 0 Å². The first-order valence-electron chi connectivity index (χ1n) is 5.22. The second kappa shape index (κ2) is 6.30. The van der Waals surface area contributed by atoms with Crippen LogP contribution in [-0.4, -0.2) is 28.0 Å². The van der Waals surface area contributed by atoms with Crippen LogP contribution in [-0.2, 0) is 6.42 Å². The first-order valence-corrected chi connectivity index (χ1v) is 5.22. The zero-order chi connectivity index (χ0) is 12.8. The van der Waals surface area contributed by atoms with Crippen molar-refractivity contribution in [3.05, 3.63) is 35.1 Å². The molecule has 0 heterocycles. The predicted molar refractivity (Wildman–Crippen MR) is 58.4 cm³/mol. The topological polar surface area (TPSA) is 84.5 Å². The summed E-state index contributed by atoms with van der Waals surface area (Å²) < 4.78 is 13.2. The average Bonchev–Trinajstić information content (AvgIpc) is 2.31. The zero-order valence-electron chi connectivity index (χ0n) is 9.17. The molecule has 17 heavy (non-hydrogen) atoms. The number of nitriles is 1. The summed E-state index contributed by atoms with van der Waals surface area (Å²) in [5, 5.41) is 36.4. The molecule has 0 saturated carbocycles. The van der Waals surface area contributed by atoms with Gasteiger partial charge < -0.3 is 15.3 Å². The van der Waals surface area contributed by atoms with E-state index in [1.54, 1.807) is 0 Å². The van der Waals surface area contributed by atoms with Crippen LogP contribution >= 0.6 is 0 Å². The van der Waals surface area contributed by atoms with Crippen molar-refractivity contribution in [2.45, 2.75) is 25.0 Å². The first-order chi connectivity index (χ1) is 8.10. The van der Waals surface area contributed by atoms with E-state index in [2.05, 4.69) is 0 Å². The lowest BCUT2D eigenvalue weighted by Crippen LogP contribution is -2.19. The van der Waals surface area contributed by atoms with Crippen LogP contribution in [0.3, 0.4) is 0 Å². The molecule has 2 atom stereocenters. The van der Waals surface area contributed by atoms with Gasteiger partial charge in [0.05, 0.1) is 18.6 Å². The van der Waals surface area contributed by atoms with E-state index in [-0.39, 0.29) is 25.0 Å². The molecule has 1 aromatic carbocycles. The van der Waals surface area contributed by atoms with Crippen LogP contribution in [0.2, 0.25) is 0 Å².